The van der Waals surface area contributed by atoms with Gasteiger partial charge in [0.1, 0.15) is 6.61 Å². The predicted molar refractivity (Wildman–Crippen MR) is 93.9 cm³/mol. The van der Waals surface area contributed by atoms with Gasteiger partial charge in [0, 0.05) is 21.9 Å². The van der Waals surface area contributed by atoms with Gasteiger partial charge in [-0.15, -0.1) is 11.3 Å². The molecule has 0 radical (unpaired) electrons. The maximum Gasteiger partial charge on any atom is 0.226 e. The van der Waals surface area contributed by atoms with E-state index in [-0.39, 0.29) is 23.7 Å². The van der Waals surface area contributed by atoms with Crippen LogP contribution in [0.25, 0.3) is 10.9 Å². The molecule has 2 aromatic heterocycles. The van der Waals surface area contributed by atoms with Gasteiger partial charge in [-0.05, 0) is 31.0 Å². The van der Waals surface area contributed by atoms with E-state index < -0.39 is 5.82 Å². The van der Waals surface area contributed by atoms with Crippen LogP contribution in [0.2, 0.25) is 0 Å². The van der Waals surface area contributed by atoms with Crippen molar-refractivity contribution in [2.75, 3.05) is 0 Å². The minimum absolute atomic E-state index is 0.0545. The number of fused-ring (bicyclic) bond motifs is 1. The summed E-state index contributed by atoms with van der Waals surface area (Å²) < 4.78 is 20.2. The third-order valence-corrected chi connectivity index (χ3v) is 5.24. The number of rotatable bonds is 6. The minimum atomic E-state index is -0.431. The Hall–Kier alpha value is -2.41. The van der Waals surface area contributed by atoms with Crippen LogP contribution in [0.1, 0.15) is 31.2 Å². The molecule has 1 aromatic carbocycles. The maximum absolute atomic E-state index is 14.6. The van der Waals surface area contributed by atoms with Crippen molar-refractivity contribution in [3.05, 3.63) is 46.3 Å². The molecule has 7 heteroatoms. The summed E-state index contributed by atoms with van der Waals surface area (Å²) in [7, 11) is 0. The average molecular weight is 359 g/mol. The first-order valence-electron chi connectivity index (χ1n) is 8.13. The summed E-state index contributed by atoms with van der Waals surface area (Å²) in [5, 5.41) is 5.53. The number of ether oxygens (including phenoxy) is 1. The van der Waals surface area contributed by atoms with Crippen molar-refractivity contribution in [3.63, 3.8) is 0 Å². The number of halogens is 1. The lowest BCUT2D eigenvalue weighted by molar-refractivity contribution is -0.125. The van der Waals surface area contributed by atoms with E-state index in [0.717, 1.165) is 29.6 Å². The van der Waals surface area contributed by atoms with Crippen molar-refractivity contribution < 1.29 is 13.9 Å². The fourth-order valence-corrected chi connectivity index (χ4v) is 3.22. The number of H-pyrrole nitrogens is 1. The van der Waals surface area contributed by atoms with Crippen LogP contribution in [0.4, 0.5) is 4.39 Å². The Balaban J connectivity index is 1.48. The number of benzene rings is 1. The molecule has 1 amide bonds. The van der Waals surface area contributed by atoms with Gasteiger partial charge in [0.2, 0.25) is 5.91 Å². The number of carbonyl (C=O) groups excluding carboxylic acids is 1. The number of hydrogen-bond donors (Lipinski definition) is 2. The first-order valence-corrected chi connectivity index (χ1v) is 9.08. The Morgan fingerprint density at radius 3 is 3.04 bits per heavy atom. The minimum Gasteiger partial charge on any atom is -0.484 e. The molecule has 1 saturated carbocycles. The van der Waals surface area contributed by atoms with Crippen molar-refractivity contribution in [2.45, 2.75) is 32.9 Å². The molecule has 0 atom stereocenters. The van der Waals surface area contributed by atoms with Crippen molar-refractivity contribution in [1.82, 2.24) is 15.3 Å². The van der Waals surface area contributed by atoms with E-state index in [9.17, 15) is 9.18 Å². The molecule has 0 saturated heterocycles. The van der Waals surface area contributed by atoms with Crippen LogP contribution in [0.3, 0.4) is 0 Å². The zero-order valence-electron chi connectivity index (χ0n) is 13.8. The normalized spacial score (nSPS) is 15.3. The molecule has 0 bridgehead atoms. The van der Waals surface area contributed by atoms with Crippen LogP contribution >= 0.6 is 11.3 Å². The molecule has 5 nitrogen and oxygen atoms in total. The second-order valence-electron chi connectivity index (χ2n) is 6.65. The molecule has 130 valence electrons. The summed E-state index contributed by atoms with van der Waals surface area (Å²) in [6, 6.07) is 5.27. The second-order valence-corrected chi connectivity index (χ2v) is 7.37. The summed E-state index contributed by atoms with van der Waals surface area (Å²) in [5.41, 5.74) is 3.42. The number of aromatic nitrogens is 2. The fraction of sp³-hybridized carbons (Fsp3) is 0.333. The topological polar surface area (TPSA) is 67.0 Å². The molecule has 25 heavy (non-hydrogen) atoms. The van der Waals surface area contributed by atoms with Gasteiger partial charge in [0.05, 0.1) is 23.3 Å². The standard InChI is InChI=1S/C18H18FN3O2S/c1-18(4-5-18)17(23)20-7-12-6-11-2-3-14(15(19)16(11)22-12)24-8-13-9-25-10-21-13/h2-3,6,9-10,22H,4-5,7-8H2,1H3,(H,20,23). The highest BCUT2D eigenvalue weighted by Gasteiger charge is 2.44. The van der Waals surface area contributed by atoms with Crippen molar-refractivity contribution in [2.24, 2.45) is 5.41 Å². The Kier molecular flexibility index (Phi) is 3.95. The molecule has 0 spiro atoms. The van der Waals surface area contributed by atoms with Crippen LogP contribution in [0.15, 0.2) is 29.1 Å². The van der Waals surface area contributed by atoms with Gasteiger partial charge >= 0.3 is 0 Å². The Labute approximate surface area is 148 Å². The zero-order chi connectivity index (χ0) is 17.4. The van der Waals surface area contributed by atoms with E-state index in [1.165, 1.54) is 11.3 Å². The van der Waals surface area contributed by atoms with Crippen LogP contribution in [-0.2, 0) is 17.9 Å². The zero-order valence-corrected chi connectivity index (χ0v) is 14.6. The van der Waals surface area contributed by atoms with Crippen LogP contribution in [0.5, 0.6) is 5.75 Å². The quantitative estimate of drug-likeness (QED) is 0.704. The number of aromatic amines is 1. The third kappa shape index (κ3) is 3.24. The van der Waals surface area contributed by atoms with E-state index in [4.69, 9.17) is 4.74 Å². The van der Waals surface area contributed by atoms with Gasteiger partial charge < -0.3 is 15.0 Å². The van der Waals surface area contributed by atoms with Gasteiger partial charge in [-0.1, -0.05) is 6.92 Å². The van der Waals surface area contributed by atoms with Crippen molar-refractivity contribution >= 4 is 28.1 Å². The van der Waals surface area contributed by atoms with Gasteiger partial charge in [-0.2, -0.15) is 0 Å². The third-order valence-electron chi connectivity index (χ3n) is 4.60. The highest BCUT2D eigenvalue weighted by atomic mass is 32.1. The predicted octanol–water partition coefficient (Wildman–Crippen LogP) is 3.76. The molecule has 1 fully saturated rings. The lowest BCUT2D eigenvalue weighted by Gasteiger charge is -2.08. The lowest BCUT2D eigenvalue weighted by atomic mass is 10.1. The smallest absolute Gasteiger partial charge is 0.226 e. The number of carbonyl (C=O) groups is 1. The molecule has 2 heterocycles. The van der Waals surface area contributed by atoms with E-state index >= 15 is 0 Å². The first kappa shape index (κ1) is 16.1. The fourth-order valence-electron chi connectivity index (χ4n) is 2.67. The van der Waals surface area contributed by atoms with E-state index in [2.05, 4.69) is 15.3 Å². The van der Waals surface area contributed by atoms with Crippen LogP contribution < -0.4 is 10.1 Å². The first-order chi connectivity index (χ1) is 12.0. The largest absolute Gasteiger partial charge is 0.484 e. The summed E-state index contributed by atoms with van der Waals surface area (Å²) >= 11 is 1.47. The SMILES string of the molecule is CC1(C(=O)NCc2cc3ccc(OCc4cscn4)c(F)c3[nH]2)CC1. The maximum atomic E-state index is 14.6. The number of amides is 1. The summed E-state index contributed by atoms with van der Waals surface area (Å²) in [6.07, 6.45) is 1.86. The molecular weight excluding hydrogens is 341 g/mol. The van der Waals surface area contributed by atoms with Crippen LogP contribution in [0, 0.1) is 11.2 Å². The molecule has 1 aliphatic rings. The van der Waals surface area contributed by atoms with Gasteiger partial charge in [-0.25, -0.2) is 9.37 Å². The highest BCUT2D eigenvalue weighted by molar-refractivity contribution is 7.07. The monoisotopic (exact) mass is 359 g/mol. The molecule has 2 N–H and O–H groups in total. The van der Waals surface area contributed by atoms with Crippen molar-refractivity contribution in [3.8, 4) is 5.75 Å². The number of nitrogens with zero attached hydrogens (tertiary/aromatic N) is 1. The number of thiazole rings is 1. The number of nitrogens with one attached hydrogen (secondary N) is 2. The second kappa shape index (κ2) is 6.15. The molecule has 1 aliphatic carbocycles. The molecular formula is C18H18FN3O2S. The summed E-state index contributed by atoms with van der Waals surface area (Å²) in [6.45, 7) is 2.55. The van der Waals surface area contributed by atoms with Gasteiger partial charge in [0.15, 0.2) is 11.6 Å². The highest BCUT2D eigenvalue weighted by Crippen LogP contribution is 2.45. The lowest BCUT2D eigenvalue weighted by Crippen LogP contribution is -2.29. The molecule has 0 unspecified atom stereocenters. The van der Waals surface area contributed by atoms with Crippen molar-refractivity contribution in [1.29, 1.82) is 0 Å². The van der Waals surface area contributed by atoms with Gasteiger partial charge in [0.25, 0.3) is 0 Å². The average Bonchev–Trinajstić information content (AvgIpc) is 3.04. The molecule has 3 aromatic rings. The summed E-state index contributed by atoms with van der Waals surface area (Å²) in [4.78, 5) is 19.2. The molecule has 0 aliphatic heterocycles. The van der Waals surface area contributed by atoms with Gasteiger partial charge in [-0.3, -0.25) is 4.79 Å². The Morgan fingerprint density at radius 2 is 2.32 bits per heavy atom. The Morgan fingerprint density at radius 1 is 1.48 bits per heavy atom. The van der Waals surface area contributed by atoms with Crippen LogP contribution in [-0.4, -0.2) is 15.9 Å². The van der Waals surface area contributed by atoms with E-state index in [0.29, 0.717) is 12.1 Å². The Bertz CT molecular complexity index is 916. The van der Waals surface area contributed by atoms with E-state index in [1.54, 1.807) is 17.6 Å². The molecule has 4 rings (SSSR count). The number of hydrogen-bond acceptors (Lipinski definition) is 4. The van der Waals surface area contributed by atoms with E-state index in [1.807, 2.05) is 18.4 Å². The summed E-state index contributed by atoms with van der Waals surface area (Å²) in [5.74, 6) is -0.193.